The molecule has 4 heteroatoms. The first-order chi connectivity index (χ1) is 20.0. The van der Waals surface area contributed by atoms with Crippen molar-refractivity contribution >= 4 is 0 Å². The molecule has 6 unspecified atom stereocenters. The third kappa shape index (κ3) is 4.68. The van der Waals surface area contributed by atoms with Crippen LogP contribution in [0.15, 0.2) is 24.0 Å². The van der Waals surface area contributed by atoms with E-state index < -0.39 is 0 Å². The maximum atomic E-state index is 7.03. The smallest absolute Gasteiger partial charge is 0.112 e. The number of fused-ring (bicyclic) bond motifs is 5. The predicted octanol–water partition coefficient (Wildman–Crippen LogP) is 9.30. The molecule has 2 heterocycles. The van der Waals surface area contributed by atoms with Crippen molar-refractivity contribution in [1.29, 1.82) is 0 Å². The summed E-state index contributed by atoms with van der Waals surface area (Å²) in [5.41, 5.74) is 2.15. The van der Waals surface area contributed by atoms with Gasteiger partial charge < -0.3 is 19.1 Å². The Labute approximate surface area is 265 Å². The van der Waals surface area contributed by atoms with E-state index in [0.717, 1.165) is 26.1 Å². The number of allylic oxidation sites excluding steroid dienone is 2. The fourth-order valence-corrected chi connectivity index (χ4v) is 11.2. The van der Waals surface area contributed by atoms with Crippen LogP contribution in [-0.2, 0) is 14.2 Å². The Bertz CT molecular complexity index is 1090. The molecule has 5 rings (SSSR count). The van der Waals surface area contributed by atoms with Gasteiger partial charge in [-0.3, -0.25) is 0 Å². The van der Waals surface area contributed by atoms with Gasteiger partial charge in [0, 0.05) is 21.8 Å². The van der Waals surface area contributed by atoms with E-state index >= 15 is 0 Å². The predicted molar refractivity (Wildman–Crippen MR) is 179 cm³/mol. The van der Waals surface area contributed by atoms with Gasteiger partial charge in [-0.25, -0.2) is 0 Å². The van der Waals surface area contributed by atoms with Gasteiger partial charge in [0.15, 0.2) is 0 Å². The van der Waals surface area contributed by atoms with Crippen LogP contribution in [0.5, 0.6) is 0 Å². The first-order valence-electron chi connectivity index (χ1n) is 17.9. The van der Waals surface area contributed by atoms with E-state index in [0.29, 0.717) is 29.6 Å². The third-order valence-electron chi connectivity index (χ3n) is 15.5. The number of hydrogen-bond acceptors (Lipinski definition) is 4. The second-order valence-electron chi connectivity index (χ2n) is 17.7. The molecule has 0 radical (unpaired) electrons. The normalized spacial score (nSPS) is 45.0. The van der Waals surface area contributed by atoms with E-state index in [1.54, 1.807) is 5.57 Å². The molecular formula is C39H67NO3. The average molecular weight is 598 g/mol. The molecule has 0 aromatic carbocycles. The molecule has 2 aliphatic heterocycles. The molecule has 3 aliphatic carbocycles. The highest BCUT2D eigenvalue weighted by Gasteiger charge is 2.68. The zero-order chi connectivity index (χ0) is 31.8. The van der Waals surface area contributed by atoms with E-state index in [2.05, 4.69) is 114 Å². The summed E-state index contributed by atoms with van der Waals surface area (Å²) in [4.78, 5) is 2.36. The minimum absolute atomic E-state index is 0.00284. The molecule has 2 bridgehead atoms. The molecule has 0 amide bonds. The van der Waals surface area contributed by atoms with Crippen LogP contribution in [0, 0.1) is 51.2 Å². The molecule has 5 aliphatic rings. The molecule has 0 aromatic heterocycles. The van der Waals surface area contributed by atoms with Crippen molar-refractivity contribution in [2.45, 2.75) is 144 Å². The van der Waals surface area contributed by atoms with Crippen molar-refractivity contribution in [3.8, 4) is 0 Å². The van der Waals surface area contributed by atoms with E-state index in [1.165, 1.54) is 32.1 Å². The summed E-state index contributed by atoms with van der Waals surface area (Å²) in [6.07, 6.45) is 16.0. The molecule has 246 valence electrons. The highest BCUT2D eigenvalue weighted by molar-refractivity contribution is 5.36. The van der Waals surface area contributed by atoms with Crippen molar-refractivity contribution in [3.05, 3.63) is 24.0 Å². The van der Waals surface area contributed by atoms with Gasteiger partial charge in [-0.15, -0.1) is 0 Å². The molecule has 1 saturated heterocycles. The summed E-state index contributed by atoms with van der Waals surface area (Å²) in [7, 11) is 4.40. The molecule has 43 heavy (non-hydrogen) atoms. The maximum absolute atomic E-state index is 7.03. The number of rotatable bonds is 9. The lowest BCUT2D eigenvalue weighted by molar-refractivity contribution is -0.230. The van der Waals surface area contributed by atoms with Crippen molar-refractivity contribution in [2.75, 3.05) is 27.3 Å². The third-order valence-corrected chi connectivity index (χ3v) is 15.5. The van der Waals surface area contributed by atoms with Gasteiger partial charge in [0.05, 0.1) is 31.7 Å². The molecule has 0 aromatic rings. The van der Waals surface area contributed by atoms with Gasteiger partial charge in [-0.2, -0.15) is 0 Å². The van der Waals surface area contributed by atoms with Crippen LogP contribution in [-0.4, -0.2) is 55.6 Å². The Morgan fingerprint density at radius 1 is 1.07 bits per heavy atom. The van der Waals surface area contributed by atoms with E-state index in [-0.39, 0.29) is 45.0 Å². The van der Waals surface area contributed by atoms with Crippen LogP contribution in [0.4, 0.5) is 0 Å². The highest BCUT2D eigenvalue weighted by Crippen LogP contribution is 2.73. The second-order valence-corrected chi connectivity index (χ2v) is 17.7. The lowest BCUT2D eigenvalue weighted by Crippen LogP contribution is -2.66. The Morgan fingerprint density at radius 3 is 2.37 bits per heavy atom. The van der Waals surface area contributed by atoms with Gasteiger partial charge in [-0.05, 0) is 114 Å². The zero-order valence-corrected chi connectivity index (χ0v) is 30.3. The molecule has 2 saturated carbocycles. The van der Waals surface area contributed by atoms with Crippen LogP contribution in [0.25, 0.3) is 0 Å². The standard InChI is InChI=1S/C39H67NO3/c1-14-33(42-25-36(10,27(4)5)40(12)13)34(8)24-41-29(7)37(11)31-17-18-38-21-22-43-39(23-38,28(6)26(2)3)20-19-35(38,9)30(31)15-16-32(34)37/h17,21-22,26-30,32-33H,14-16,18-20,23-25H2,1-13H3/t28-,29?,30?,32?,33?,34+,35?,36+,37?,38-,39-/m1/s1. The van der Waals surface area contributed by atoms with E-state index in [1.807, 2.05) is 0 Å². The van der Waals surface area contributed by atoms with Crippen molar-refractivity contribution in [3.63, 3.8) is 0 Å². The van der Waals surface area contributed by atoms with E-state index in [9.17, 15) is 0 Å². The molecule has 4 nitrogen and oxygen atoms in total. The second kappa shape index (κ2) is 11.2. The Morgan fingerprint density at radius 2 is 1.77 bits per heavy atom. The summed E-state index contributed by atoms with van der Waals surface area (Å²) in [5, 5.41) is 0. The average Bonchev–Trinajstić information content (AvgIpc) is 2.95. The topological polar surface area (TPSA) is 30.9 Å². The van der Waals surface area contributed by atoms with Crippen LogP contribution in [0.3, 0.4) is 0 Å². The molecule has 3 fully saturated rings. The van der Waals surface area contributed by atoms with Gasteiger partial charge in [0.1, 0.15) is 5.60 Å². The fourth-order valence-electron chi connectivity index (χ4n) is 11.2. The van der Waals surface area contributed by atoms with Crippen LogP contribution >= 0.6 is 0 Å². The minimum Gasteiger partial charge on any atom is -0.495 e. The number of ether oxygens (including phenoxy) is 3. The Kier molecular flexibility index (Phi) is 8.69. The summed E-state index contributed by atoms with van der Waals surface area (Å²) >= 11 is 0. The Hall–Kier alpha value is -0.840. The number of hydrogen-bond donors (Lipinski definition) is 0. The van der Waals surface area contributed by atoms with Gasteiger partial charge in [0.2, 0.25) is 0 Å². The van der Waals surface area contributed by atoms with Gasteiger partial charge >= 0.3 is 0 Å². The molecular weight excluding hydrogens is 530 g/mol. The lowest BCUT2D eigenvalue weighted by Gasteiger charge is -2.69. The monoisotopic (exact) mass is 598 g/mol. The first-order valence-corrected chi connectivity index (χ1v) is 17.9. The van der Waals surface area contributed by atoms with Crippen LogP contribution in [0.2, 0.25) is 0 Å². The maximum Gasteiger partial charge on any atom is 0.112 e. The zero-order valence-electron chi connectivity index (χ0n) is 30.3. The lowest BCUT2D eigenvalue weighted by atomic mass is 9.38. The number of nitrogens with zero attached hydrogens (tertiary/aromatic N) is 1. The number of likely N-dealkylation sites (N-methyl/N-ethyl adjacent to an activating group) is 1. The SMILES string of the molecule is CCC(OC[C@@](C)(C(C)C)N(C)C)[C@@]1(C)COC(C)C2(C)C3=CC[C@]45C=CO[C@]([C@H](C)C(C)C)(CCC4(C)C3CCC21)C5. The summed E-state index contributed by atoms with van der Waals surface area (Å²) in [6.45, 7) is 28.2. The largest absolute Gasteiger partial charge is 0.495 e. The van der Waals surface area contributed by atoms with Crippen LogP contribution in [0.1, 0.15) is 121 Å². The summed E-state index contributed by atoms with van der Waals surface area (Å²) < 4.78 is 20.5. The van der Waals surface area contributed by atoms with E-state index in [4.69, 9.17) is 14.2 Å². The van der Waals surface area contributed by atoms with Crippen LogP contribution < -0.4 is 0 Å². The van der Waals surface area contributed by atoms with Crippen molar-refractivity contribution in [1.82, 2.24) is 4.90 Å². The highest BCUT2D eigenvalue weighted by atomic mass is 16.5. The Balaban J connectivity index is 1.48. The minimum atomic E-state index is -0.0188. The fraction of sp³-hybridized carbons (Fsp3) is 0.897. The summed E-state index contributed by atoms with van der Waals surface area (Å²) in [5.74, 6) is 2.84. The van der Waals surface area contributed by atoms with Crippen molar-refractivity contribution < 1.29 is 14.2 Å². The first kappa shape index (κ1) is 33.5. The van der Waals surface area contributed by atoms with Gasteiger partial charge in [0.25, 0.3) is 0 Å². The van der Waals surface area contributed by atoms with Gasteiger partial charge in [-0.1, -0.05) is 74.0 Å². The molecule has 0 N–H and O–H groups in total. The molecule has 1 spiro atoms. The van der Waals surface area contributed by atoms with Crippen molar-refractivity contribution in [2.24, 2.45) is 51.2 Å². The molecule has 11 atom stereocenters. The summed E-state index contributed by atoms with van der Waals surface area (Å²) in [6, 6.07) is 0. The quantitative estimate of drug-likeness (QED) is 0.248.